The highest BCUT2D eigenvalue weighted by Crippen LogP contribution is 2.29. The number of carboxylic acids is 1. The molecule has 1 saturated carbocycles. The van der Waals surface area contributed by atoms with Crippen molar-refractivity contribution in [3.8, 4) is 0 Å². The normalized spacial score (nSPS) is 22.7. The second-order valence-corrected chi connectivity index (χ2v) is 8.47. The highest BCUT2D eigenvalue weighted by molar-refractivity contribution is 5.89. The van der Waals surface area contributed by atoms with Crippen molar-refractivity contribution >= 4 is 18.0 Å². The molecule has 7 nitrogen and oxygen atoms in total. The van der Waals surface area contributed by atoms with Gasteiger partial charge in [0.1, 0.15) is 17.7 Å². The molecule has 1 saturated heterocycles. The van der Waals surface area contributed by atoms with Gasteiger partial charge in [0, 0.05) is 6.54 Å². The lowest BCUT2D eigenvalue weighted by Gasteiger charge is -2.31. The predicted octanol–water partition coefficient (Wildman–Crippen LogP) is 2.93. The van der Waals surface area contributed by atoms with E-state index in [0.29, 0.717) is 31.7 Å². The minimum Gasteiger partial charge on any atom is -0.480 e. The van der Waals surface area contributed by atoms with Gasteiger partial charge >= 0.3 is 12.1 Å². The Morgan fingerprint density at radius 1 is 1.12 bits per heavy atom. The number of hydrogen-bond donors (Lipinski definition) is 2. The van der Waals surface area contributed by atoms with Gasteiger partial charge in [0.2, 0.25) is 5.91 Å². The third-order valence-corrected chi connectivity index (χ3v) is 5.10. The summed E-state index contributed by atoms with van der Waals surface area (Å²) in [6.07, 6.45) is 6.62. The van der Waals surface area contributed by atoms with Crippen molar-refractivity contribution in [1.82, 2.24) is 10.2 Å². The van der Waals surface area contributed by atoms with Gasteiger partial charge in [0.25, 0.3) is 0 Å². The maximum Gasteiger partial charge on any atom is 0.408 e. The first-order chi connectivity index (χ1) is 12.2. The van der Waals surface area contributed by atoms with Crippen LogP contribution in [0.3, 0.4) is 0 Å². The van der Waals surface area contributed by atoms with Crippen molar-refractivity contribution < 1.29 is 24.2 Å². The molecule has 0 aromatic heterocycles. The fraction of sp³-hybridized carbons (Fsp3) is 0.842. The number of aliphatic carboxylic acids is 1. The summed E-state index contributed by atoms with van der Waals surface area (Å²) in [5, 5.41) is 12.1. The first-order valence-corrected chi connectivity index (χ1v) is 9.70. The van der Waals surface area contributed by atoms with Gasteiger partial charge in [-0.15, -0.1) is 0 Å². The molecule has 2 aliphatic rings. The zero-order chi connectivity index (χ0) is 19.3. The molecular formula is C19H32N2O5. The van der Waals surface area contributed by atoms with E-state index in [1.807, 2.05) is 0 Å². The predicted molar refractivity (Wildman–Crippen MR) is 96.7 cm³/mol. The zero-order valence-electron chi connectivity index (χ0n) is 16.1. The molecule has 2 fully saturated rings. The average Bonchev–Trinajstić information content (AvgIpc) is 3.02. The fourth-order valence-electron chi connectivity index (χ4n) is 3.91. The van der Waals surface area contributed by atoms with E-state index < -0.39 is 29.7 Å². The van der Waals surface area contributed by atoms with E-state index in [2.05, 4.69) is 5.32 Å². The molecule has 2 rings (SSSR count). The summed E-state index contributed by atoms with van der Waals surface area (Å²) in [6.45, 7) is 5.73. The van der Waals surface area contributed by atoms with E-state index in [4.69, 9.17) is 4.74 Å². The molecule has 7 heteroatoms. The summed E-state index contributed by atoms with van der Waals surface area (Å²) < 4.78 is 5.31. The Morgan fingerprint density at radius 3 is 2.35 bits per heavy atom. The SMILES string of the molecule is CC(C)(C)OC(=O)NC(CC1CCCCC1)C(=O)N1CCC[C@H]1C(=O)O. The molecule has 1 aliphatic carbocycles. The lowest BCUT2D eigenvalue weighted by atomic mass is 9.84. The number of ether oxygens (including phenoxy) is 1. The summed E-state index contributed by atoms with van der Waals surface area (Å²) in [5.41, 5.74) is -0.653. The highest BCUT2D eigenvalue weighted by Gasteiger charge is 2.38. The van der Waals surface area contributed by atoms with Crippen molar-refractivity contribution in [3.05, 3.63) is 0 Å². The van der Waals surface area contributed by atoms with Crippen LogP contribution in [-0.4, -0.2) is 52.2 Å². The highest BCUT2D eigenvalue weighted by atomic mass is 16.6. The van der Waals surface area contributed by atoms with Crippen LogP contribution in [0, 0.1) is 5.92 Å². The topological polar surface area (TPSA) is 95.9 Å². The zero-order valence-corrected chi connectivity index (χ0v) is 16.1. The van der Waals surface area contributed by atoms with Crippen LogP contribution in [-0.2, 0) is 14.3 Å². The quantitative estimate of drug-likeness (QED) is 0.778. The van der Waals surface area contributed by atoms with Crippen molar-refractivity contribution in [1.29, 1.82) is 0 Å². The van der Waals surface area contributed by atoms with Gasteiger partial charge in [0.05, 0.1) is 0 Å². The maximum absolute atomic E-state index is 13.0. The molecule has 2 atom stereocenters. The maximum atomic E-state index is 13.0. The summed E-state index contributed by atoms with van der Waals surface area (Å²) in [4.78, 5) is 38.1. The lowest BCUT2D eigenvalue weighted by Crippen LogP contribution is -2.53. The van der Waals surface area contributed by atoms with Crippen LogP contribution < -0.4 is 5.32 Å². The number of carbonyl (C=O) groups excluding carboxylic acids is 2. The van der Waals surface area contributed by atoms with Crippen molar-refractivity contribution in [2.75, 3.05) is 6.54 Å². The third kappa shape index (κ3) is 5.88. The number of nitrogens with one attached hydrogen (secondary N) is 1. The molecule has 0 spiro atoms. The van der Waals surface area contributed by atoms with Gasteiger partial charge in [-0.2, -0.15) is 0 Å². The summed E-state index contributed by atoms with van der Waals surface area (Å²) in [7, 11) is 0. The average molecular weight is 368 g/mol. The van der Waals surface area contributed by atoms with E-state index >= 15 is 0 Å². The number of nitrogens with zero attached hydrogens (tertiary/aromatic N) is 1. The van der Waals surface area contributed by atoms with Crippen LogP contribution in [0.4, 0.5) is 4.79 Å². The van der Waals surface area contributed by atoms with E-state index in [9.17, 15) is 19.5 Å². The number of carboxylic acid groups (broad SMARTS) is 1. The van der Waals surface area contributed by atoms with Crippen LogP contribution in [0.5, 0.6) is 0 Å². The summed E-state index contributed by atoms with van der Waals surface area (Å²) in [5.74, 6) is -0.908. The van der Waals surface area contributed by atoms with Crippen LogP contribution in [0.25, 0.3) is 0 Å². The number of carbonyl (C=O) groups is 3. The Morgan fingerprint density at radius 2 is 1.77 bits per heavy atom. The first kappa shape index (κ1) is 20.5. The molecule has 1 unspecified atom stereocenters. The molecule has 2 amide bonds. The standard InChI is InChI=1S/C19H32N2O5/c1-19(2,3)26-18(25)20-14(12-13-8-5-4-6-9-13)16(22)21-11-7-10-15(21)17(23)24/h13-15H,4-12H2,1-3H3,(H,20,25)(H,23,24)/t14?,15-/m0/s1. The molecule has 0 aromatic rings. The van der Waals surface area contributed by atoms with E-state index in [1.165, 1.54) is 11.3 Å². The Hall–Kier alpha value is -1.79. The minimum absolute atomic E-state index is 0.300. The van der Waals surface area contributed by atoms with Crippen molar-refractivity contribution in [2.24, 2.45) is 5.92 Å². The van der Waals surface area contributed by atoms with E-state index in [0.717, 1.165) is 25.7 Å². The van der Waals surface area contributed by atoms with Crippen LogP contribution in [0.2, 0.25) is 0 Å². The molecule has 0 bridgehead atoms. The Balaban J connectivity index is 2.09. The Kier molecular flexibility index (Phi) is 6.89. The molecule has 1 heterocycles. The van der Waals surface area contributed by atoms with Crippen molar-refractivity contribution in [3.63, 3.8) is 0 Å². The van der Waals surface area contributed by atoms with E-state index in [1.54, 1.807) is 20.8 Å². The molecule has 0 radical (unpaired) electrons. The largest absolute Gasteiger partial charge is 0.480 e. The number of amides is 2. The molecule has 26 heavy (non-hydrogen) atoms. The molecule has 148 valence electrons. The lowest BCUT2D eigenvalue weighted by molar-refractivity contribution is -0.149. The third-order valence-electron chi connectivity index (χ3n) is 5.10. The monoisotopic (exact) mass is 368 g/mol. The summed E-state index contributed by atoms with van der Waals surface area (Å²) in [6, 6.07) is -1.52. The molecule has 2 N–H and O–H groups in total. The Labute approximate surface area is 155 Å². The van der Waals surface area contributed by atoms with Crippen LogP contribution in [0.15, 0.2) is 0 Å². The van der Waals surface area contributed by atoms with Crippen molar-refractivity contribution in [2.45, 2.75) is 89.8 Å². The molecular weight excluding hydrogens is 336 g/mol. The fourth-order valence-corrected chi connectivity index (χ4v) is 3.91. The second kappa shape index (κ2) is 8.73. The van der Waals surface area contributed by atoms with Gasteiger partial charge in [-0.3, -0.25) is 4.79 Å². The van der Waals surface area contributed by atoms with Gasteiger partial charge < -0.3 is 20.1 Å². The molecule has 1 aliphatic heterocycles. The minimum atomic E-state index is -0.982. The van der Waals surface area contributed by atoms with Gasteiger partial charge in [-0.25, -0.2) is 9.59 Å². The second-order valence-electron chi connectivity index (χ2n) is 8.47. The first-order valence-electron chi connectivity index (χ1n) is 9.70. The van der Waals surface area contributed by atoms with Crippen LogP contribution >= 0.6 is 0 Å². The van der Waals surface area contributed by atoms with Gasteiger partial charge in [-0.1, -0.05) is 32.1 Å². The number of rotatable bonds is 5. The summed E-state index contributed by atoms with van der Waals surface area (Å²) >= 11 is 0. The Bertz CT molecular complexity index is 523. The number of alkyl carbamates (subject to hydrolysis) is 1. The van der Waals surface area contributed by atoms with Gasteiger partial charge in [-0.05, 0) is 46.0 Å². The van der Waals surface area contributed by atoms with Gasteiger partial charge in [0.15, 0.2) is 0 Å². The number of likely N-dealkylation sites (tertiary alicyclic amines) is 1. The van der Waals surface area contributed by atoms with Crippen LogP contribution in [0.1, 0.15) is 72.1 Å². The smallest absolute Gasteiger partial charge is 0.408 e. The molecule has 0 aromatic carbocycles. The number of hydrogen-bond acceptors (Lipinski definition) is 4. The van der Waals surface area contributed by atoms with E-state index in [-0.39, 0.29) is 5.91 Å².